The van der Waals surface area contributed by atoms with Gasteiger partial charge in [-0.15, -0.1) is 0 Å². The topological polar surface area (TPSA) is 29.5 Å². The Morgan fingerprint density at radius 2 is 2.24 bits per heavy atom. The molecule has 1 aliphatic heterocycles. The van der Waals surface area contributed by atoms with E-state index in [1.165, 1.54) is 11.1 Å². The number of fused-ring (bicyclic) bond motifs is 4. The molecule has 2 bridgehead atoms. The largest absolute Gasteiger partial charge is 0.508 e. The molecule has 0 saturated heterocycles. The van der Waals surface area contributed by atoms with Crippen molar-refractivity contribution in [3.63, 3.8) is 0 Å². The van der Waals surface area contributed by atoms with Gasteiger partial charge in [0.1, 0.15) is 17.1 Å². The first-order valence-electron chi connectivity index (χ1n) is 8.14. The van der Waals surface area contributed by atoms with Crippen LogP contribution in [-0.2, 0) is 6.42 Å². The lowest BCUT2D eigenvalue weighted by molar-refractivity contribution is 0.00630. The van der Waals surface area contributed by atoms with Gasteiger partial charge in [-0.25, -0.2) is 0 Å². The standard InChI is InChI=1S/C19H26O2/c1-5-6-13-9-16(20)18-15-11-19(4,21-17(18)10-13)8-7-14(15)12(2)3/h9-10,14-15,20H,2,5-8,11H2,1,3-4H3/t14-,15-,19-/m0/s1. The molecule has 21 heavy (non-hydrogen) atoms. The third-order valence-electron chi connectivity index (χ3n) is 5.20. The number of phenolic OH excluding ortho intramolecular Hbond substituents is 1. The van der Waals surface area contributed by atoms with Crippen LogP contribution >= 0.6 is 0 Å². The second-order valence-electron chi connectivity index (χ2n) is 7.13. The average molecular weight is 286 g/mol. The molecular weight excluding hydrogens is 260 g/mol. The number of ether oxygens (including phenoxy) is 1. The van der Waals surface area contributed by atoms with Crippen LogP contribution in [0.1, 0.15) is 63.5 Å². The van der Waals surface area contributed by atoms with Crippen LogP contribution in [-0.4, -0.2) is 10.7 Å². The highest BCUT2D eigenvalue weighted by Crippen LogP contribution is 2.55. The molecule has 0 unspecified atom stereocenters. The molecule has 1 fully saturated rings. The summed E-state index contributed by atoms with van der Waals surface area (Å²) in [5, 5.41) is 10.5. The van der Waals surface area contributed by atoms with E-state index in [0.717, 1.165) is 43.4 Å². The molecular formula is C19H26O2. The van der Waals surface area contributed by atoms with Gasteiger partial charge in [0.2, 0.25) is 0 Å². The molecule has 0 spiro atoms. The molecule has 1 N–H and O–H groups in total. The van der Waals surface area contributed by atoms with E-state index in [1.807, 2.05) is 6.07 Å². The van der Waals surface area contributed by atoms with Crippen molar-refractivity contribution in [3.8, 4) is 11.5 Å². The van der Waals surface area contributed by atoms with Crippen molar-refractivity contribution in [2.24, 2.45) is 5.92 Å². The summed E-state index contributed by atoms with van der Waals surface area (Å²) in [6.45, 7) is 10.7. The number of benzene rings is 1. The van der Waals surface area contributed by atoms with Gasteiger partial charge < -0.3 is 9.84 Å². The van der Waals surface area contributed by atoms with Crippen LogP contribution < -0.4 is 4.74 Å². The van der Waals surface area contributed by atoms with Crippen molar-refractivity contribution in [3.05, 3.63) is 35.4 Å². The molecule has 1 saturated carbocycles. The van der Waals surface area contributed by atoms with Crippen LogP contribution in [0.3, 0.4) is 0 Å². The Hall–Kier alpha value is -1.44. The Bertz CT molecular complexity index is 575. The predicted octanol–water partition coefficient (Wildman–Crippen LogP) is 4.96. The summed E-state index contributed by atoms with van der Waals surface area (Å²) in [5.41, 5.74) is 3.33. The first-order valence-corrected chi connectivity index (χ1v) is 8.14. The molecule has 114 valence electrons. The van der Waals surface area contributed by atoms with Crippen LogP contribution in [0.15, 0.2) is 24.3 Å². The number of hydrogen-bond acceptors (Lipinski definition) is 2. The highest BCUT2D eigenvalue weighted by Gasteiger charge is 2.46. The molecule has 1 aliphatic carbocycles. The molecule has 1 heterocycles. The van der Waals surface area contributed by atoms with Crippen molar-refractivity contribution < 1.29 is 9.84 Å². The maximum atomic E-state index is 10.5. The maximum Gasteiger partial charge on any atom is 0.127 e. The average Bonchev–Trinajstić information content (AvgIpc) is 2.37. The zero-order valence-electron chi connectivity index (χ0n) is 13.4. The molecule has 2 aliphatic rings. The molecule has 2 heteroatoms. The van der Waals surface area contributed by atoms with Crippen LogP contribution in [0, 0.1) is 5.92 Å². The number of rotatable bonds is 3. The molecule has 1 aromatic rings. The van der Waals surface area contributed by atoms with Crippen LogP contribution in [0.25, 0.3) is 0 Å². The SMILES string of the molecule is C=C(C)[C@@H]1CC[C@@]2(C)C[C@@H]1c1c(O)cc(CCC)cc1O2. The van der Waals surface area contributed by atoms with E-state index in [0.29, 0.717) is 17.6 Å². The zero-order chi connectivity index (χ0) is 15.2. The molecule has 1 aromatic carbocycles. The van der Waals surface area contributed by atoms with E-state index in [1.54, 1.807) is 0 Å². The van der Waals surface area contributed by atoms with Crippen molar-refractivity contribution in [1.29, 1.82) is 0 Å². The van der Waals surface area contributed by atoms with Gasteiger partial charge in [-0.1, -0.05) is 25.5 Å². The summed E-state index contributed by atoms with van der Waals surface area (Å²) < 4.78 is 6.30. The molecule has 3 atom stereocenters. The quantitative estimate of drug-likeness (QED) is 0.796. The predicted molar refractivity (Wildman–Crippen MR) is 86.0 cm³/mol. The van der Waals surface area contributed by atoms with E-state index in [2.05, 4.69) is 33.4 Å². The highest BCUT2D eigenvalue weighted by molar-refractivity contribution is 5.52. The van der Waals surface area contributed by atoms with Crippen LogP contribution in [0.4, 0.5) is 0 Å². The Morgan fingerprint density at radius 1 is 1.48 bits per heavy atom. The van der Waals surface area contributed by atoms with E-state index in [9.17, 15) is 5.11 Å². The van der Waals surface area contributed by atoms with Gasteiger partial charge in [0.15, 0.2) is 0 Å². The van der Waals surface area contributed by atoms with Crippen molar-refractivity contribution in [2.45, 2.75) is 64.4 Å². The van der Waals surface area contributed by atoms with Crippen molar-refractivity contribution in [2.75, 3.05) is 0 Å². The minimum Gasteiger partial charge on any atom is -0.508 e. The molecule has 2 nitrogen and oxygen atoms in total. The minimum atomic E-state index is -0.0824. The van der Waals surface area contributed by atoms with Gasteiger partial charge in [-0.3, -0.25) is 0 Å². The van der Waals surface area contributed by atoms with E-state index < -0.39 is 0 Å². The molecule has 0 amide bonds. The molecule has 0 aromatic heterocycles. The summed E-state index contributed by atoms with van der Waals surface area (Å²) in [5.74, 6) is 2.13. The maximum absolute atomic E-state index is 10.5. The van der Waals surface area contributed by atoms with Crippen molar-refractivity contribution in [1.82, 2.24) is 0 Å². The Morgan fingerprint density at radius 3 is 2.90 bits per heavy atom. The molecule has 0 radical (unpaired) electrons. The summed E-state index contributed by atoms with van der Waals surface area (Å²) in [7, 11) is 0. The Balaban J connectivity index is 2.09. The fourth-order valence-electron chi connectivity index (χ4n) is 4.18. The minimum absolute atomic E-state index is 0.0824. The zero-order valence-corrected chi connectivity index (χ0v) is 13.4. The number of aryl methyl sites for hydroxylation is 1. The second kappa shape index (κ2) is 5.08. The van der Waals surface area contributed by atoms with Gasteiger partial charge in [-0.2, -0.15) is 0 Å². The molecule has 3 rings (SSSR count). The summed E-state index contributed by atoms with van der Waals surface area (Å²) >= 11 is 0. The van der Waals surface area contributed by atoms with Crippen LogP contribution in [0.2, 0.25) is 0 Å². The van der Waals surface area contributed by atoms with Gasteiger partial charge in [0, 0.05) is 11.5 Å². The third kappa shape index (κ3) is 2.45. The van der Waals surface area contributed by atoms with Gasteiger partial charge >= 0.3 is 0 Å². The van der Waals surface area contributed by atoms with E-state index >= 15 is 0 Å². The van der Waals surface area contributed by atoms with Gasteiger partial charge in [0.05, 0.1) is 0 Å². The first-order chi connectivity index (χ1) is 9.93. The fourth-order valence-corrected chi connectivity index (χ4v) is 4.18. The Kier molecular flexibility index (Phi) is 3.51. The summed E-state index contributed by atoms with van der Waals surface area (Å²) in [4.78, 5) is 0. The van der Waals surface area contributed by atoms with Crippen LogP contribution in [0.5, 0.6) is 11.5 Å². The van der Waals surface area contributed by atoms with Gasteiger partial charge in [0.25, 0.3) is 0 Å². The smallest absolute Gasteiger partial charge is 0.127 e. The fraction of sp³-hybridized carbons (Fsp3) is 0.579. The normalized spacial score (nSPS) is 30.4. The third-order valence-corrected chi connectivity index (χ3v) is 5.20. The second-order valence-corrected chi connectivity index (χ2v) is 7.13. The number of allylic oxidation sites excluding steroid dienone is 1. The number of hydrogen-bond donors (Lipinski definition) is 1. The number of phenols is 1. The highest BCUT2D eigenvalue weighted by atomic mass is 16.5. The Labute approximate surface area is 127 Å². The monoisotopic (exact) mass is 286 g/mol. The lowest BCUT2D eigenvalue weighted by atomic mass is 9.65. The number of aromatic hydroxyl groups is 1. The lowest BCUT2D eigenvalue weighted by Crippen LogP contribution is -2.44. The van der Waals surface area contributed by atoms with Crippen molar-refractivity contribution >= 4 is 0 Å². The first kappa shape index (κ1) is 14.5. The van der Waals surface area contributed by atoms with E-state index in [4.69, 9.17) is 4.74 Å². The summed E-state index contributed by atoms with van der Waals surface area (Å²) in [6.07, 6.45) is 5.21. The van der Waals surface area contributed by atoms with Gasteiger partial charge in [-0.05, 0) is 63.1 Å². The summed E-state index contributed by atoms with van der Waals surface area (Å²) in [6, 6.07) is 4.07. The lowest BCUT2D eigenvalue weighted by Gasteiger charge is -2.48. The van der Waals surface area contributed by atoms with E-state index in [-0.39, 0.29) is 5.60 Å².